The fraction of sp³-hybridized carbons (Fsp3) is 0.0333. The van der Waals surface area contributed by atoms with Gasteiger partial charge < -0.3 is 9.15 Å². The van der Waals surface area contributed by atoms with Crippen LogP contribution in [0, 0.1) is 0 Å². The van der Waals surface area contributed by atoms with Gasteiger partial charge in [0.25, 0.3) is 5.56 Å². The number of nitrogens with zero attached hydrogens (tertiary/aromatic N) is 3. The van der Waals surface area contributed by atoms with Gasteiger partial charge in [-0.1, -0.05) is 65.7 Å². The summed E-state index contributed by atoms with van der Waals surface area (Å²) in [6, 6.07) is 29.2. The zero-order valence-corrected chi connectivity index (χ0v) is 21.4. The molecule has 8 heteroatoms. The van der Waals surface area contributed by atoms with E-state index in [2.05, 4.69) is 5.10 Å². The number of furan rings is 1. The van der Waals surface area contributed by atoms with E-state index >= 15 is 0 Å². The molecule has 0 fully saturated rings. The van der Waals surface area contributed by atoms with Crippen LogP contribution in [-0.4, -0.2) is 15.9 Å². The van der Waals surface area contributed by atoms with E-state index in [0.717, 1.165) is 10.9 Å². The van der Waals surface area contributed by atoms with E-state index in [1.165, 1.54) is 10.9 Å². The van der Waals surface area contributed by atoms with Gasteiger partial charge in [-0.25, -0.2) is 4.98 Å². The molecule has 2 aromatic heterocycles. The van der Waals surface area contributed by atoms with E-state index in [0.29, 0.717) is 50.2 Å². The van der Waals surface area contributed by atoms with E-state index in [1.54, 1.807) is 36.4 Å². The summed E-state index contributed by atoms with van der Waals surface area (Å²) in [4.78, 5) is 18.3. The van der Waals surface area contributed by atoms with Crippen molar-refractivity contribution >= 4 is 51.3 Å². The van der Waals surface area contributed by atoms with E-state index in [4.69, 9.17) is 37.3 Å². The minimum atomic E-state index is -0.326. The first kappa shape index (κ1) is 24.0. The van der Waals surface area contributed by atoms with Crippen molar-refractivity contribution in [1.82, 2.24) is 9.66 Å². The van der Waals surface area contributed by atoms with Crippen LogP contribution in [0.25, 0.3) is 33.5 Å². The third kappa shape index (κ3) is 4.79. The van der Waals surface area contributed by atoms with Gasteiger partial charge in [-0.05, 0) is 60.2 Å². The monoisotopic (exact) mass is 539 g/mol. The van der Waals surface area contributed by atoms with Gasteiger partial charge in [0.1, 0.15) is 17.9 Å². The molecule has 6 nitrogen and oxygen atoms in total. The standard InChI is InChI=1S/C30H19Cl2N3O3/c31-22-11-9-19(10-12-22)18-37-26-14-13-23(32)15-21(26)17-33-35-29(28-16-20-5-1-4-8-27(20)38-28)34-25-7-3-2-6-24(25)30(35)36/h1-17H,18H2. The largest absolute Gasteiger partial charge is 0.488 e. The topological polar surface area (TPSA) is 69.6 Å². The first-order chi connectivity index (χ1) is 18.5. The molecule has 0 N–H and O–H groups in total. The van der Waals surface area contributed by atoms with Crippen molar-refractivity contribution < 1.29 is 9.15 Å². The lowest BCUT2D eigenvalue weighted by Crippen LogP contribution is -2.20. The van der Waals surface area contributed by atoms with Gasteiger partial charge >= 0.3 is 0 Å². The summed E-state index contributed by atoms with van der Waals surface area (Å²) < 4.78 is 13.3. The summed E-state index contributed by atoms with van der Waals surface area (Å²) in [7, 11) is 0. The Morgan fingerprint density at radius 3 is 2.50 bits per heavy atom. The molecule has 0 atom stereocenters. The predicted molar refractivity (Wildman–Crippen MR) is 151 cm³/mol. The summed E-state index contributed by atoms with van der Waals surface area (Å²) in [5.74, 6) is 1.27. The van der Waals surface area contributed by atoms with E-state index < -0.39 is 0 Å². The molecule has 6 aromatic rings. The Hall–Kier alpha value is -4.39. The van der Waals surface area contributed by atoms with Gasteiger partial charge in [0.2, 0.25) is 5.82 Å². The highest BCUT2D eigenvalue weighted by Crippen LogP contribution is 2.28. The smallest absolute Gasteiger partial charge is 0.282 e. The number of hydrogen-bond acceptors (Lipinski definition) is 5. The first-order valence-corrected chi connectivity index (χ1v) is 12.5. The Kier molecular flexibility index (Phi) is 6.42. The van der Waals surface area contributed by atoms with E-state index in [1.807, 2.05) is 60.7 Å². The third-order valence-electron chi connectivity index (χ3n) is 5.99. The average Bonchev–Trinajstić information content (AvgIpc) is 3.37. The van der Waals surface area contributed by atoms with Crippen LogP contribution >= 0.6 is 23.2 Å². The summed E-state index contributed by atoms with van der Waals surface area (Å²) in [6.45, 7) is 0.321. The van der Waals surface area contributed by atoms with Crippen LogP contribution in [0.4, 0.5) is 0 Å². The van der Waals surface area contributed by atoms with Crippen molar-refractivity contribution in [1.29, 1.82) is 0 Å². The second-order valence-corrected chi connectivity index (χ2v) is 9.43. The van der Waals surface area contributed by atoms with Crippen LogP contribution in [0.15, 0.2) is 111 Å². The molecule has 0 bridgehead atoms. The SMILES string of the molecule is O=c1c2ccccc2nc(-c2cc3ccccc3o2)n1N=Cc1cc(Cl)ccc1OCc1ccc(Cl)cc1. The Morgan fingerprint density at radius 2 is 1.66 bits per heavy atom. The van der Waals surface area contributed by atoms with Crippen LogP contribution in [0.2, 0.25) is 10.0 Å². The normalized spacial score (nSPS) is 11.5. The first-order valence-electron chi connectivity index (χ1n) is 11.8. The molecule has 0 aliphatic carbocycles. The minimum absolute atomic E-state index is 0.284. The number of para-hydroxylation sites is 2. The lowest BCUT2D eigenvalue weighted by atomic mass is 10.2. The quantitative estimate of drug-likeness (QED) is 0.204. The zero-order chi connectivity index (χ0) is 26.1. The molecule has 0 saturated carbocycles. The van der Waals surface area contributed by atoms with Gasteiger partial charge in [-0.3, -0.25) is 4.79 Å². The zero-order valence-electron chi connectivity index (χ0n) is 19.8. The van der Waals surface area contributed by atoms with Crippen LogP contribution in [0.3, 0.4) is 0 Å². The number of fused-ring (bicyclic) bond motifs is 2. The highest BCUT2D eigenvalue weighted by molar-refractivity contribution is 6.31. The second-order valence-electron chi connectivity index (χ2n) is 8.56. The second kappa shape index (κ2) is 10.2. The maximum atomic E-state index is 13.5. The molecule has 0 aliphatic heterocycles. The molecule has 2 heterocycles. The number of ether oxygens (including phenoxy) is 1. The molecule has 0 saturated heterocycles. The third-order valence-corrected chi connectivity index (χ3v) is 6.48. The highest BCUT2D eigenvalue weighted by atomic mass is 35.5. The fourth-order valence-corrected chi connectivity index (χ4v) is 4.40. The molecule has 0 aliphatic rings. The lowest BCUT2D eigenvalue weighted by molar-refractivity contribution is 0.306. The van der Waals surface area contributed by atoms with E-state index in [9.17, 15) is 4.79 Å². The molecule has 186 valence electrons. The Bertz CT molecular complexity index is 1840. The summed E-state index contributed by atoms with van der Waals surface area (Å²) >= 11 is 12.3. The van der Waals surface area contributed by atoms with Gasteiger partial charge in [-0.2, -0.15) is 9.78 Å². The summed E-state index contributed by atoms with van der Waals surface area (Å²) in [6.07, 6.45) is 1.53. The maximum absolute atomic E-state index is 13.5. The molecule has 0 radical (unpaired) electrons. The van der Waals surface area contributed by atoms with Gasteiger partial charge in [0.05, 0.1) is 17.1 Å². The van der Waals surface area contributed by atoms with Crippen molar-refractivity contribution in [3.05, 3.63) is 129 Å². The van der Waals surface area contributed by atoms with E-state index in [-0.39, 0.29) is 11.4 Å². The average molecular weight is 540 g/mol. The van der Waals surface area contributed by atoms with Crippen molar-refractivity contribution in [3.63, 3.8) is 0 Å². The number of hydrogen-bond donors (Lipinski definition) is 0. The van der Waals surface area contributed by atoms with Crippen molar-refractivity contribution in [2.24, 2.45) is 5.10 Å². The van der Waals surface area contributed by atoms with Gasteiger partial charge in [0.15, 0.2) is 5.76 Å². The molecule has 0 unspecified atom stereocenters. The Balaban J connectivity index is 1.43. The van der Waals surface area contributed by atoms with Crippen LogP contribution in [0.1, 0.15) is 11.1 Å². The molecular formula is C30H19Cl2N3O3. The Morgan fingerprint density at radius 1 is 0.895 bits per heavy atom. The molecule has 6 rings (SSSR count). The van der Waals surface area contributed by atoms with Crippen LogP contribution in [-0.2, 0) is 6.61 Å². The van der Waals surface area contributed by atoms with Gasteiger partial charge in [0, 0.05) is 21.0 Å². The molecule has 4 aromatic carbocycles. The number of benzene rings is 4. The molecule has 0 amide bonds. The van der Waals surface area contributed by atoms with Crippen LogP contribution < -0.4 is 10.3 Å². The molecule has 0 spiro atoms. The number of aromatic nitrogens is 2. The summed E-state index contributed by atoms with van der Waals surface area (Å²) in [5.41, 5.74) is 2.46. The van der Waals surface area contributed by atoms with Gasteiger partial charge in [-0.15, -0.1) is 0 Å². The fourth-order valence-electron chi connectivity index (χ4n) is 4.10. The van der Waals surface area contributed by atoms with Crippen molar-refractivity contribution in [3.8, 4) is 17.3 Å². The minimum Gasteiger partial charge on any atom is -0.488 e. The van der Waals surface area contributed by atoms with Crippen LogP contribution in [0.5, 0.6) is 5.75 Å². The van der Waals surface area contributed by atoms with Crippen molar-refractivity contribution in [2.75, 3.05) is 0 Å². The Labute approximate surface area is 227 Å². The maximum Gasteiger partial charge on any atom is 0.282 e. The highest BCUT2D eigenvalue weighted by Gasteiger charge is 2.16. The van der Waals surface area contributed by atoms with Crippen molar-refractivity contribution in [2.45, 2.75) is 6.61 Å². The molecule has 38 heavy (non-hydrogen) atoms. The number of rotatable bonds is 6. The summed E-state index contributed by atoms with van der Waals surface area (Å²) in [5, 5.41) is 7.04. The predicted octanol–water partition coefficient (Wildman–Crippen LogP) is 7.58. The lowest BCUT2D eigenvalue weighted by Gasteiger charge is -2.11. The molecular weight excluding hydrogens is 521 g/mol. The number of halogens is 2.